The van der Waals surface area contributed by atoms with Crippen LogP contribution in [0.3, 0.4) is 0 Å². The van der Waals surface area contributed by atoms with Crippen molar-refractivity contribution in [1.82, 2.24) is 5.16 Å². The second kappa shape index (κ2) is 7.31. The maximum atomic E-state index is 12.2. The van der Waals surface area contributed by atoms with E-state index in [4.69, 9.17) is 0 Å². The summed E-state index contributed by atoms with van der Waals surface area (Å²) in [6, 6.07) is 5.87. The Morgan fingerprint density at radius 2 is 1.80 bits per heavy atom. The molecule has 1 aliphatic rings. The van der Waals surface area contributed by atoms with Gasteiger partial charge in [0.25, 0.3) is 0 Å². The molecule has 0 N–H and O–H groups in total. The molecule has 3 rings (SSSR count). The highest BCUT2D eigenvalue weighted by Crippen LogP contribution is 2.33. The first-order chi connectivity index (χ1) is 9.52. The van der Waals surface area contributed by atoms with E-state index in [0.717, 1.165) is 5.92 Å². The number of hydrogen-bond acceptors (Lipinski definition) is 2. The number of benzene rings is 1. The Kier molecular flexibility index (Phi) is 6.05. The average molecular weight is 287 g/mol. The number of alkyl halides is 3. The topological polar surface area (TPSA) is 26.0 Å². The zero-order chi connectivity index (χ0) is 15.2. The molecule has 2 nitrogen and oxygen atoms in total. The Balaban J connectivity index is 0.000000239. The van der Waals surface area contributed by atoms with Gasteiger partial charge in [-0.2, -0.15) is 13.2 Å². The van der Waals surface area contributed by atoms with Crippen molar-refractivity contribution in [2.45, 2.75) is 46.2 Å². The maximum Gasteiger partial charge on any atom is 0.437 e. The quantitative estimate of drug-likeness (QED) is 0.674. The molecule has 1 heterocycles. The number of rotatable bonds is 1. The maximum absolute atomic E-state index is 12.2. The summed E-state index contributed by atoms with van der Waals surface area (Å²) >= 11 is 0. The summed E-state index contributed by atoms with van der Waals surface area (Å²) in [5, 5.41) is 2.96. The van der Waals surface area contributed by atoms with Crippen molar-refractivity contribution in [2.24, 2.45) is 5.92 Å². The van der Waals surface area contributed by atoms with Gasteiger partial charge in [0, 0.05) is 0 Å². The molecule has 1 aliphatic carbocycles. The van der Waals surface area contributed by atoms with E-state index in [1.54, 1.807) is 6.07 Å². The molecule has 2 aromatic rings. The molecule has 112 valence electrons. The van der Waals surface area contributed by atoms with Crippen LogP contribution in [-0.4, -0.2) is 5.16 Å². The highest BCUT2D eigenvalue weighted by Gasteiger charge is 2.36. The molecule has 0 spiro atoms. The van der Waals surface area contributed by atoms with Gasteiger partial charge in [-0.1, -0.05) is 57.3 Å². The van der Waals surface area contributed by atoms with Crippen LogP contribution < -0.4 is 0 Å². The molecule has 0 saturated heterocycles. The van der Waals surface area contributed by atoms with Gasteiger partial charge in [-0.05, 0) is 18.1 Å². The summed E-state index contributed by atoms with van der Waals surface area (Å²) in [4.78, 5) is 0. The van der Waals surface area contributed by atoms with Crippen LogP contribution in [0, 0.1) is 5.92 Å². The van der Waals surface area contributed by atoms with Crippen LogP contribution in [0.4, 0.5) is 13.2 Å². The van der Waals surface area contributed by atoms with Crippen LogP contribution >= 0.6 is 0 Å². The SMILES string of the molecule is CC.CCC1CC1.FC(F)(F)c1noc2ccccc12. The molecule has 1 fully saturated rings. The van der Waals surface area contributed by atoms with E-state index >= 15 is 0 Å². The molecule has 0 unspecified atom stereocenters. The number of fused-ring (bicyclic) bond motifs is 1. The lowest BCUT2D eigenvalue weighted by molar-refractivity contribution is -0.141. The lowest BCUT2D eigenvalue weighted by Gasteiger charge is -1.99. The fourth-order valence-electron chi connectivity index (χ4n) is 1.62. The molecule has 0 amide bonds. The van der Waals surface area contributed by atoms with Gasteiger partial charge in [0.15, 0.2) is 11.3 Å². The standard InChI is InChI=1S/C8H4F3NO.C5H10.C2H6/c9-8(10,11)7-5-3-1-2-4-6(5)13-12-7;1-2-5-3-4-5;1-2/h1-4H;5H,2-4H2,1H3;1-2H3. The monoisotopic (exact) mass is 287 g/mol. The van der Waals surface area contributed by atoms with Gasteiger partial charge >= 0.3 is 6.18 Å². The summed E-state index contributed by atoms with van der Waals surface area (Å²) in [6.45, 7) is 6.26. The Morgan fingerprint density at radius 3 is 2.25 bits per heavy atom. The Bertz CT molecular complexity index is 515. The molecule has 0 radical (unpaired) electrons. The fourth-order valence-corrected chi connectivity index (χ4v) is 1.62. The second-order valence-electron chi connectivity index (χ2n) is 4.38. The van der Waals surface area contributed by atoms with Crippen molar-refractivity contribution >= 4 is 11.0 Å². The molecule has 0 bridgehead atoms. The molecule has 1 saturated carbocycles. The van der Waals surface area contributed by atoms with E-state index in [9.17, 15) is 13.2 Å². The van der Waals surface area contributed by atoms with Gasteiger partial charge in [0.2, 0.25) is 0 Å². The molecular formula is C15H20F3NO. The third-order valence-electron chi connectivity index (χ3n) is 2.92. The van der Waals surface area contributed by atoms with Crippen LogP contribution in [0.2, 0.25) is 0 Å². The molecule has 0 aliphatic heterocycles. The van der Waals surface area contributed by atoms with Crippen LogP contribution in [0.5, 0.6) is 0 Å². The molecule has 5 heteroatoms. The highest BCUT2D eigenvalue weighted by molar-refractivity contribution is 5.79. The van der Waals surface area contributed by atoms with E-state index in [1.807, 2.05) is 13.8 Å². The van der Waals surface area contributed by atoms with E-state index in [0.29, 0.717) is 0 Å². The number of halogens is 3. The minimum absolute atomic E-state index is 0.00463. The largest absolute Gasteiger partial charge is 0.437 e. The summed E-state index contributed by atoms with van der Waals surface area (Å²) in [5.41, 5.74) is -0.821. The minimum Gasteiger partial charge on any atom is -0.356 e. The zero-order valence-electron chi connectivity index (χ0n) is 12.0. The Morgan fingerprint density at radius 1 is 1.20 bits per heavy atom. The first kappa shape index (κ1) is 16.5. The number of aromatic nitrogens is 1. The van der Waals surface area contributed by atoms with Gasteiger partial charge in [-0.3, -0.25) is 0 Å². The number of nitrogens with zero attached hydrogens (tertiary/aromatic N) is 1. The number of hydrogen-bond donors (Lipinski definition) is 0. The predicted octanol–water partition coefficient (Wildman–Crippen LogP) is 5.68. The predicted molar refractivity (Wildman–Crippen MR) is 73.4 cm³/mol. The second-order valence-corrected chi connectivity index (χ2v) is 4.38. The van der Waals surface area contributed by atoms with Gasteiger partial charge in [0.1, 0.15) is 0 Å². The average Bonchev–Trinajstić information content (AvgIpc) is 3.18. The zero-order valence-corrected chi connectivity index (χ0v) is 12.0. The Hall–Kier alpha value is -1.52. The third-order valence-corrected chi connectivity index (χ3v) is 2.92. The summed E-state index contributed by atoms with van der Waals surface area (Å²) in [7, 11) is 0. The van der Waals surface area contributed by atoms with E-state index < -0.39 is 11.9 Å². The van der Waals surface area contributed by atoms with Crippen molar-refractivity contribution in [3.63, 3.8) is 0 Å². The van der Waals surface area contributed by atoms with Crippen LogP contribution in [0.1, 0.15) is 45.7 Å². The van der Waals surface area contributed by atoms with Crippen molar-refractivity contribution < 1.29 is 17.7 Å². The normalized spacial score (nSPS) is 14.1. The minimum atomic E-state index is -4.45. The van der Waals surface area contributed by atoms with E-state index in [2.05, 4.69) is 16.6 Å². The lowest BCUT2D eigenvalue weighted by atomic mass is 10.2. The van der Waals surface area contributed by atoms with Crippen molar-refractivity contribution in [2.75, 3.05) is 0 Å². The number of para-hydroxylation sites is 1. The lowest BCUT2D eigenvalue weighted by Crippen LogP contribution is -2.05. The molecule has 20 heavy (non-hydrogen) atoms. The highest BCUT2D eigenvalue weighted by atomic mass is 19.4. The molecule has 0 atom stereocenters. The van der Waals surface area contributed by atoms with Gasteiger partial charge < -0.3 is 4.52 Å². The smallest absolute Gasteiger partial charge is 0.356 e. The molecule has 1 aromatic heterocycles. The van der Waals surface area contributed by atoms with Crippen molar-refractivity contribution in [3.8, 4) is 0 Å². The summed E-state index contributed by atoms with van der Waals surface area (Å²) in [5.74, 6) is 1.13. The molecule has 1 aromatic carbocycles. The first-order valence-electron chi connectivity index (χ1n) is 6.94. The van der Waals surface area contributed by atoms with E-state index in [-0.39, 0.29) is 11.0 Å². The van der Waals surface area contributed by atoms with Gasteiger partial charge in [-0.15, -0.1) is 0 Å². The van der Waals surface area contributed by atoms with Crippen molar-refractivity contribution in [3.05, 3.63) is 30.0 Å². The van der Waals surface area contributed by atoms with Crippen LogP contribution in [0.15, 0.2) is 28.8 Å². The molecular weight excluding hydrogens is 267 g/mol. The van der Waals surface area contributed by atoms with E-state index in [1.165, 1.54) is 37.5 Å². The summed E-state index contributed by atoms with van der Waals surface area (Å²) in [6.07, 6.45) is -0.0143. The first-order valence-corrected chi connectivity index (χ1v) is 6.94. The van der Waals surface area contributed by atoms with Crippen molar-refractivity contribution in [1.29, 1.82) is 0 Å². The van der Waals surface area contributed by atoms with Gasteiger partial charge in [-0.25, -0.2) is 0 Å². The van der Waals surface area contributed by atoms with Gasteiger partial charge in [0.05, 0.1) is 5.39 Å². The fraction of sp³-hybridized carbons (Fsp3) is 0.533. The summed E-state index contributed by atoms with van der Waals surface area (Å²) < 4.78 is 41.2. The van der Waals surface area contributed by atoms with Crippen LogP contribution in [-0.2, 0) is 6.18 Å². The third kappa shape index (κ3) is 4.54. The Labute approximate surface area is 117 Å². The van der Waals surface area contributed by atoms with Crippen LogP contribution in [0.25, 0.3) is 11.0 Å².